The van der Waals surface area contributed by atoms with Gasteiger partial charge < -0.3 is 17.2 Å². The molecule has 1 aliphatic heterocycles. The smallest absolute Gasteiger partial charge is 0.432 e. The van der Waals surface area contributed by atoms with Gasteiger partial charge in [0.15, 0.2) is 0 Å². The normalized spacial score (nSPS) is 16.3. The van der Waals surface area contributed by atoms with Crippen LogP contribution >= 0.6 is 11.8 Å². The van der Waals surface area contributed by atoms with Crippen molar-refractivity contribution < 1.29 is 18.9 Å². The number of hydrogen-bond donors (Lipinski definition) is 0. The standard InChI is InChI=1S/C7H9S.Li/c1-2-7-5-3-4-6-8-7;/h4-5H,2-3H2,1H3;/q-1;+1. The van der Waals surface area contributed by atoms with Gasteiger partial charge in [0, 0.05) is 0 Å². The maximum atomic E-state index is 3.11. The van der Waals surface area contributed by atoms with Crippen molar-refractivity contribution in [1.29, 1.82) is 0 Å². The maximum absolute atomic E-state index is 3.11. The summed E-state index contributed by atoms with van der Waals surface area (Å²) in [6, 6.07) is 0. The van der Waals surface area contributed by atoms with Gasteiger partial charge in [0.1, 0.15) is 0 Å². The second-order valence-corrected chi connectivity index (χ2v) is 2.65. The van der Waals surface area contributed by atoms with Crippen LogP contribution in [0.15, 0.2) is 17.1 Å². The van der Waals surface area contributed by atoms with E-state index in [1.807, 2.05) is 0 Å². The van der Waals surface area contributed by atoms with Crippen molar-refractivity contribution in [2.45, 2.75) is 19.8 Å². The molecule has 44 valence electrons. The van der Waals surface area contributed by atoms with Crippen molar-refractivity contribution >= 4 is 11.8 Å². The second kappa shape index (κ2) is 5.23. The van der Waals surface area contributed by atoms with Crippen LogP contribution < -0.4 is 18.9 Å². The summed E-state index contributed by atoms with van der Waals surface area (Å²) < 4.78 is 0. The molecule has 0 bridgehead atoms. The third-order valence-corrected chi connectivity index (χ3v) is 2.09. The zero-order chi connectivity index (χ0) is 5.82. The van der Waals surface area contributed by atoms with Crippen LogP contribution in [0.4, 0.5) is 0 Å². The third kappa shape index (κ3) is 3.20. The molecule has 1 heterocycles. The fraction of sp³-hybridized carbons (Fsp3) is 0.429. The van der Waals surface area contributed by atoms with Crippen LogP contribution in [-0.2, 0) is 0 Å². The topological polar surface area (TPSA) is 0 Å². The molecule has 0 aliphatic carbocycles. The Kier molecular flexibility index (Phi) is 5.48. The monoisotopic (exact) mass is 132 g/mol. The molecule has 0 fully saturated rings. The Balaban J connectivity index is 0.000000640. The maximum Gasteiger partial charge on any atom is 1.00 e. The first-order valence-electron chi connectivity index (χ1n) is 2.86. The summed E-state index contributed by atoms with van der Waals surface area (Å²) in [5, 5.41) is 3.11. The predicted octanol–water partition coefficient (Wildman–Crippen LogP) is -0.262. The van der Waals surface area contributed by atoms with Crippen molar-refractivity contribution in [2.24, 2.45) is 0 Å². The molecule has 0 saturated carbocycles. The molecule has 9 heavy (non-hydrogen) atoms. The Bertz CT molecular complexity index is 127. The van der Waals surface area contributed by atoms with Crippen molar-refractivity contribution in [3.63, 3.8) is 0 Å². The number of hydrogen-bond acceptors (Lipinski definition) is 1. The van der Waals surface area contributed by atoms with Crippen LogP contribution in [-0.4, -0.2) is 0 Å². The SMILES string of the molecule is CCC1=CCC=[C-]S1.[Li+]. The molecule has 0 amide bonds. The van der Waals surface area contributed by atoms with Crippen molar-refractivity contribution in [3.05, 3.63) is 22.5 Å². The van der Waals surface area contributed by atoms with Crippen LogP contribution in [0.2, 0.25) is 0 Å². The molecule has 0 aromatic rings. The van der Waals surface area contributed by atoms with Gasteiger partial charge in [-0.1, -0.05) is 17.9 Å². The first kappa shape index (κ1) is 9.43. The molecule has 0 nitrogen and oxygen atoms in total. The quantitative estimate of drug-likeness (QED) is 0.350. The molecule has 0 atom stereocenters. The largest absolute Gasteiger partial charge is 1.00 e. The summed E-state index contributed by atoms with van der Waals surface area (Å²) in [5.74, 6) is 0. The molecule has 0 radical (unpaired) electrons. The van der Waals surface area contributed by atoms with Gasteiger partial charge in [0.25, 0.3) is 0 Å². The van der Waals surface area contributed by atoms with E-state index >= 15 is 0 Å². The molecular weight excluding hydrogens is 123 g/mol. The summed E-state index contributed by atoms with van der Waals surface area (Å²) >= 11 is 1.72. The van der Waals surface area contributed by atoms with Crippen molar-refractivity contribution in [2.75, 3.05) is 0 Å². The van der Waals surface area contributed by atoms with E-state index in [9.17, 15) is 0 Å². The van der Waals surface area contributed by atoms with Crippen LogP contribution in [0.5, 0.6) is 0 Å². The van der Waals surface area contributed by atoms with Gasteiger partial charge in [0.05, 0.1) is 0 Å². The first-order valence-corrected chi connectivity index (χ1v) is 3.68. The molecule has 0 aromatic carbocycles. The number of rotatable bonds is 1. The predicted molar refractivity (Wildman–Crippen MR) is 38.4 cm³/mol. The van der Waals surface area contributed by atoms with E-state index in [4.69, 9.17) is 0 Å². The van der Waals surface area contributed by atoms with E-state index in [1.165, 1.54) is 4.91 Å². The van der Waals surface area contributed by atoms with Gasteiger partial charge in [-0.15, -0.1) is 0 Å². The van der Waals surface area contributed by atoms with Gasteiger partial charge in [-0.25, -0.2) is 0 Å². The Morgan fingerprint density at radius 3 is 2.89 bits per heavy atom. The van der Waals surface area contributed by atoms with Crippen molar-refractivity contribution in [3.8, 4) is 0 Å². The zero-order valence-electron chi connectivity index (χ0n) is 5.98. The molecule has 0 N–H and O–H groups in total. The average Bonchev–Trinajstić information content (AvgIpc) is 1.90. The van der Waals surface area contributed by atoms with Crippen LogP contribution in [0.1, 0.15) is 19.8 Å². The van der Waals surface area contributed by atoms with Gasteiger partial charge in [0.2, 0.25) is 0 Å². The van der Waals surface area contributed by atoms with Crippen LogP contribution in [0, 0.1) is 5.41 Å². The molecular formula is C7H9LiS. The minimum Gasteiger partial charge on any atom is -0.432 e. The van der Waals surface area contributed by atoms with Gasteiger partial charge >= 0.3 is 18.9 Å². The van der Waals surface area contributed by atoms with Gasteiger partial charge in [-0.2, -0.15) is 0 Å². The molecule has 0 spiro atoms. The zero-order valence-corrected chi connectivity index (χ0v) is 6.79. The number of allylic oxidation sites excluding steroid dienone is 3. The molecule has 0 aromatic heterocycles. The summed E-state index contributed by atoms with van der Waals surface area (Å²) in [5.41, 5.74) is 0. The first-order chi connectivity index (χ1) is 3.93. The minimum absolute atomic E-state index is 0. The summed E-state index contributed by atoms with van der Waals surface area (Å²) in [7, 11) is 0. The molecule has 0 saturated heterocycles. The molecule has 1 rings (SSSR count). The van der Waals surface area contributed by atoms with E-state index < -0.39 is 0 Å². The fourth-order valence-corrected chi connectivity index (χ4v) is 1.27. The van der Waals surface area contributed by atoms with Crippen LogP contribution in [0.3, 0.4) is 0 Å². The van der Waals surface area contributed by atoms with Gasteiger partial charge in [-0.3, -0.25) is 6.08 Å². The number of thioether (sulfide) groups is 1. The van der Waals surface area contributed by atoms with E-state index in [-0.39, 0.29) is 18.9 Å². The molecule has 1 aliphatic rings. The minimum atomic E-state index is 0. The van der Waals surface area contributed by atoms with E-state index in [2.05, 4.69) is 24.5 Å². The average molecular weight is 132 g/mol. The summed E-state index contributed by atoms with van der Waals surface area (Å²) in [6.07, 6.45) is 6.55. The van der Waals surface area contributed by atoms with E-state index in [1.54, 1.807) is 11.8 Å². The Morgan fingerprint density at radius 2 is 2.56 bits per heavy atom. The van der Waals surface area contributed by atoms with Gasteiger partial charge in [-0.05, 0) is 12.8 Å². The Hall–Kier alpha value is 0.427. The van der Waals surface area contributed by atoms with E-state index in [0.29, 0.717) is 0 Å². The van der Waals surface area contributed by atoms with Crippen molar-refractivity contribution in [1.82, 2.24) is 0 Å². The molecule has 0 unspecified atom stereocenters. The third-order valence-electron chi connectivity index (χ3n) is 1.09. The molecule has 2 heteroatoms. The second-order valence-electron chi connectivity index (χ2n) is 1.68. The fourth-order valence-electron chi connectivity index (χ4n) is 0.614. The van der Waals surface area contributed by atoms with E-state index in [0.717, 1.165) is 12.8 Å². The Morgan fingerprint density at radius 1 is 1.78 bits per heavy atom. The summed E-state index contributed by atoms with van der Waals surface area (Å²) in [6.45, 7) is 2.17. The summed E-state index contributed by atoms with van der Waals surface area (Å²) in [4.78, 5) is 1.45. The van der Waals surface area contributed by atoms with Crippen LogP contribution in [0.25, 0.3) is 0 Å². The Labute approximate surface area is 73.0 Å².